The molecule has 3 N–H and O–H groups in total. The third-order valence-corrected chi connectivity index (χ3v) is 4.12. The molecule has 0 aliphatic carbocycles. The Morgan fingerprint density at radius 3 is 2.72 bits per heavy atom. The van der Waals surface area contributed by atoms with E-state index < -0.39 is 10.0 Å². The van der Waals surface area contributed by atoms with Crippen LogP contribution in [0.3, 0.4) is 0 Å². The van der Waals surface area contributed by atoms with Gasteiger partial charge in [0.05, 0.1) is 5.69 Å². The van der Waals surface area contributed by atoms with Crippen molar-refractivity contribution in [2.75, 3.05) is 10.5 Å². The highest BCUT2D eigenvalue weighted by atomic mass is 79.9. The van der Waals surface area contributed by atoms with Crippen LogP contribution in [0, 0.1) is 0 Å². The number of aryl methyl sites for hydroxylation is 1. The highest BCUT2D eigenvalue weighted by Gasteiger charge is 2.18. The van der Waals surface area contributed by atoms with E-state index in [0.29, 0.717) is 4.47 Å². The standard InChI is InChI=1S/C10H11BrN4O2S/c1-15-5-4-10(13-15)14-18(16,17)9-6-7(11)2-3-8(9)12/h2-6H,12H2,1H3,(H,13,14). The lowest BCUT2D eigenvalue weighted by Crippen LogP contribution is -2.15. The average Bonchev–Trinajstić information content (AvgIpc) is 2.66. The molecule has 1 aromatic carbocycles. The Labute approximate surface area is 113 Å². The molecular weight excluding hydrogens is 320 g/mol. The van der Waals surface area contributed by atoms with Gasteiger partial charge < -0.3 is 5.73 Å². The summed E-state index contributed by atoms with van der Waals surface area (Å²) in [5.41, 5.74) is 5.85. The van der Waals surface area contributed by atoms with E-state index in [1.54, 1.807) is 25.4 Å². The fourth-order valence-electron chi connectivity index (χ4n) is 1.40. The summed E-state index contributed by atoms with van der Waals surface area (Å²) in [6, 6.07) is 6.21. The summed E-state index contributed by atoms with van der Waals surface area (Å²) < 4.78 is 28.7. The number of sulfonamides is 1. The summed E-state index contributed by atoms with van der Waals surface area (Å²) in [6.45, 7) is 0. The molecule has 1 aromatic heterocycles. The molecule has 2 aromatic rings. The Morgan fingerprint density at radius 1 is 1.39 bits per heavy atom. The molecule has 0 bridgehead atoms. The van der Waals surface area contributed by atoms with E-state index in [1.165, 1.54) is 16.8 Å². The van der Waals surface area contributed by atoms with Crippen molar-refractivity contribution in [1.82, 2.24) is 9.78 Å². The van der Waals surface area contributed by atoms with Gasteiger partial charge in [0, 0.05) is 23.8 Å². The van der Waals surface area contributed by atoms with Gasteiger partial charge >= 0.3 is 0 Å². The Morgan fingerprint density at radius 2 is 2.11 bits per heavy atom. The average molecular weight is 331 g/mol. The first-order valence-corrected chi connectivity index (χ1v) is 7.23. The van der Waals surface area contributed by atoms with Crippen molar-refractivity contribution < 1.29 is 8.42 Å². The zero-order chi connectivity index (χ0) is 13.3. The van der Waals surface area contributed by atoms with Crippen LogP contribution >= 0.6 is 15.9 Å². The number of nitrogen functional groups attached to an aromatic ring is 1. The van der Waals surface area contributed by atoms with E-state index >= 15 is 0 Å². The second-order valence-electron chi connectivity index (χ2n) is 3.66. The van der Waals surface area contributed by atoms with Gasteiger partial charge in [0.2, 0.25) is 0 Å². The smallest absolute Gasteiger partial charge is 0.265 e. The third kappa shape index (κ3) is 2.65. The quantitative estimate of drug-likeness (QED) is 0.836. The fourth-order valence-corrected chi connectivity index (χ4v) is 3.07. The van der Waals surface area contributed by atoms with Crippen LogP contribution in [0.5, 0.6) is 0 Å². The number of nitrogens with one attached hydrogen (secondary N) is 1. The van der Waals surface area contributed by atoms with Gasteiger partial charge in [-0.2, -0.15) is 5.10 Å². The first kappa shape index (κ1) is 12.9. The molecule has 0 atom stereocenters. The zero-order valence-corrected chi connectivity index (χ0v) is 11.9. The number of halogens is 1. The zero-order valence-electron chi connectivity index (χ0n) is 9.46. The lowest BCUT2D eigenvalue weighted by molar-refractivity contribution is 0.601. The van der Waals surface area contributed by atoms with Crippen LogP contribution in [0.15, 0.2) is 39.8 Å². The molecule has 0 unspecified atom stereocenters. The minimum atomic E-state index is -3.73. The van der Waals surface area contributed by atoms with Gasteiger partial charge in [-0.1, -0.05) is 15.9 Å². The van der Waals surface area contributed by atoms with Gasteiger partial charge in [0.1, 0.15) is 4.90 Å². The monoisotopic (exact) mass is 330 g/mol. The molecular formula is C10H11BrN4O2S. The molecule has 0 amide bonds. The Kier molecular flexibility index (Phi) is 3.31. The molecule has 0 saturated heterocycles. The number of nitrogens with zero attached hydrogens (tertiary/aromatic N) is 2. The molecule has 18 heavy (non-hydrogen) atoms. The first-order chi connectivity index (χ1) is 8.38. The van der Waals surface area contributed by atoms with Gasteiger partial charge in [0.15, 0.2) is 5.82 Å². The van der Waals surface area contributed by atoms with Crippen LogP contribution in [-0.4, -0.2) is 18.2 Å². The van der Waals surface area contributed by atoms with Gasteiger partial charge in [0.25, 0.3) is 10.0 Å². The molecule has 0 saturated carbocycles. The van der Waals surface area contributed by atoms with Crippen molar-refractivity contribution >= 4 is 37.5 Å². The molecule has 6 nitrogen and oxygen atoms in total. The van der Waals surface area contributed by atoms with E-state index in [2.05, 4.69) is 25.8 Å². The molecule has 96 valence electrons. The van der Waals surface area contributed by atoms with Crippen molar-refractivity contribution in [2.45, 2.75) is 4.90 Å². The molecule has 0 aliphatic heterocycles. The van der Waals surface area contributed by atoms with E-state index in [0.717, 1.165) is 0 Å². The van der Waals surface area contributed by atoms with E-state index in [-0.39, 0.29) is 16.4 Å². The third-order valence-electron chi connectivity index (χ3n) is 2.22. The number of hydrogen-bond acceptors (Lipinski definition) is 4. The lowest BCUT2D eigenvalue weighted by Gasteiger charge is -2.08. The van der Waals surface area contributed by atoms with E-state index in [4.69, 9.17) is 5.73 Å². The largest absolute Gasteiger partial charge is 0.398 e. The minimum absolute atomic E-state index is 0.0162. The number of aromatic nitrogens is 2. The number of hydrogen-bond donors (Lipinski definition) is 2. The molecule has 1 heterocycles. The highest BCUT2D eigenvalue weighted by Crippen LogP contribution is 2.24. The molecule has 0 spiro atoms. The van der Waals surface area contributed by atoms with Gasteiger partial charge in [-0.15, -0.1) is 0 Å². The minimum Gasteiger partial charge on any atom is -0.398 e. The Hall–Kier alpha value is -1.54. The van der Waals surface area contributed by atoms with Crippen LogP contribution in [0.25, 0.3) is 0 Å². The van der Waals surface area contributed by atoms with Crippen LogP contribution in [0.2, 0.25) is 0 Å². The first-order valence-electron chi connectivity index (χ1n) is 4.96. The van der Waals surface area contributed by atoms with Gasteiger partial charge in [-0.25, -0.2) is 8.42 Å². The van der Waals surface area contributed by atoms with Crippen molar-refractivity contribution in [3.8, 4) is 0 Å². The van der Waals surface area contributed by atoms with Crippen molar-refractivity contribution in [3.63, 3.8) is 0 Å². The topological polar surface area (TPSA) is 90.0 Å². The number of benzene rings is 1. The molecule has 0 aliphatic rings. The Bertz CT molecular complexity index is 681. The normalized spacial score (nSPS) is 11.4. The Balaban J connectivity index is 2.39. The second kappa shape index (κ2) is 4.62. The maximum atomic E-state index is 12.1. The summed E-state index contributed by atoms with van der Waals surface area (Å²) in [5, 5.41) is 3.95. The predicted molar refractivity (Wildman–Crippen MR) is 72.6 cm³/mol. The maximum Gasteiger partial charge on any atom is 0.265 e. The van der Waals surface area contributed by atoms with Crippen LogP contribution < -0.4 is 10.5 Å². The molecule has 0 fully saturated rings. The van der Waals surface area contributed by atoms with Gasteiger partial charge in [-0.05, 0) is 18.2 Å². The number of rotatable bonds is 3. The highest BCUT2D eigenvalue weighted by molar-refractivity contribution is 9.10. The van der Waals surface area contributed by atoms with E-state index in [9.17, 15) is 8.42 Å². The van der Waals surface area contributed by atoms with Crippen LogP contribution in [-0.2, 0) is 17.1 Å². The molecule has 0 radical (unpaired) electrons. The summed E-state index contributed by atoms with van der Waals surface area (Å²) in [5.74, 6) is 0.247. The summed E-state index contributed by atoms with van der Waals surface area (Å²) in [7, 11) is -2.03. The number of anilines is 2. The van der Waals surface area contributed by atoms with Crippen molar-refractivity contribution in [1.29, 1.82) is 0 Å². The SMILES string of the molecule is Cn1ccc(NS(=O)(=O)c2cc(Br)ccc2N)n1. The van der Waals surface area contributed by atoms with E-state index in [1.807, 2.05) is 0 Å². The maximum absolute atomic E-state index is 12.1. The lowest BCUT2D eigenvalue weighted by atomic mass is 10.3. The van der Waals surface area contributed by atoms with Crippen molar-refractivity contribution in [2.24, 2.45) is 7.05 Å². The van der Waals surface area contributed by atoms with Gasteiger partial charge in [-0.3, -0.25) is 9.40 Å². The summed E-state index contributed by atoms with van der Waals surface area (Å²) in [6.07, 6.45) is 1.64. The summed E-state index contributed by atoms with van der Waals surface area (Å²) in [4.78, 5) is 0.0162. The second-order valence-corrected chi connectivity index (χ2v) is 6.23. The predicted octanol–water partition coefficient (Wildman–Crippen LogP) is 1.57. The molecule has 8 heteroatoms. The van der Waals surface area contributed by atoms with Crippen molar-refractivity contribution in [3.05, 3.63) is 34.9 Å². The molecule has 2 rings (SSSR count). The fraction of sp³-hybridized carbons (Fsp3) is 0.100. The van der Waals surface area contributed by atoms with Crippen LogP contribution in [0.4, 0.5) is 11.5 Å². The summed E-state index contributed by atoms with van der Waals surface area (Å²) >= 11 is 3.21. The van der Waals surface area contributed by atoms with Crippen LogP contribution in [0.1, 0.15) is 0 Å². The number of nitrogens with two attached hydrogens (primary N) is 1.